The smallest absolute Gasteiger partial charge is 0.201 e. The number of Topliss-reactive ketones (excluding diaryl/α,β-unsaturated/α-hetero) is 1. The Morgan fingerprint density at radius 1 is 1.25 bits per heavy atom. The first kappa shape index (κ1) is 9.15. The summed E-state index contributed by atoms with van der Waals surface area (Å²) in [5, 5.41) is 0. The third-order valence-electron chi connectivity index (χ3n) is 2.75. The van der Waals surface area contributed by atoms with Crippen LogP contribution in [-0.4, -0.2) is 23.2 Å². The van der Waals surface area contributed by atoms with Crippen molar-refractivity contribution in [3.63, 3.8) is 0 Å². The van der Waals surface area contributed by atoms with Gasteiger partial charge in [-0.25, -0.2) is 0 Å². The molecule has 1 aromatic rings. The molecule has 0 aromatic carbocycles. The number of carbonyl (C=O) groups excluding carboxylic acids is 1. The molecule has 0 amide bonds. The van der Waals surface area contributed by atoms with Crippen molar-refractivity contribution in [2.75, 3.05) is 0 Å². The van der Waals surface area contributed by atoms with Gasteiger partial charge in [0.1, 0.15) is 6.04 Å². The van der Waals surface area contributed by atoms with Gasteiger partial charge >= 0.3 is 0 Å². The van der Waals surface area contributed by atoms with Gasteiger partial charge in [-0.15, -0.1) is 0 Å². The number of rotatable bonds is 1. The molecular formula is C12H9N3O. The number of allylic oxidation sites excluding steroid dienone is 1. The maximum absolute atomic E-state index is 11.6. The first-order valence-corrected chi connectivity index (χ1v) is 5.09. The van der Waals surface area contributed by atoms with E-state index in [0.29, 0.717) is 6.42 Å². The lowest BCUT2D eigenvalue weighted by Gasteiger charge is -2.16. The van der Waals surface area contributed by atoms with Crippen LogP contribution in [0, 0.1) is 0 Å². The Labute approximate surface area is 92.5 Å². The highest BCUT2D eigenvalue weighted by Crippen LogP contribution is 2.34. The van der Waals surface area contributed by atoms with Crippen LogP contribution in [-0.2, 0) is 4.79 Å². The van der Waals surface area contributed by atoms with Gasteiger partial charge in [0.05, 0.1) is 11.9 Å². The number of dihydropyridines is 1. The number of nitrogens with zero attached hydrogens (tertiary/aromatic N) is 3. The fourth-order valence-electron chi connectivity index (χ4n) is 1.96. The monoisotopic (exact) mass is 211 g/mol. The minimum Gasteiger partial charge on any atom is -0.288 e. The van der Waals surface area contributed by atoms with Gasteiger partial charge in [-0.1, -0.05) is 0 Å². The van der Waals surface area contributed by atoms with Gasteiger partial charge in [0.25, 0.3) is 0 Å². The van der Waals surface area contributed by atoms with Crippen molar-refractivity contribution in [3.8, 4) is 0 Å². The second-order valence-corrected chi connectivity index (χ2v) is 3.71. The predicted octanol–water partition coefficient (Wildman–Crippen LogP) is 1.50. The van der Waals surface area contributed by atoms with Gasteiger partial charge in [0.15, 0.2) is 0 Å². The number of hydrogen-bond acceptors (Lipinski definition) is 4. The summed E-state index contributed by atoms with van der Waals surface area (Å²) in [6.45, 7) is 0. The molecule has 78 valence electrons. The average molecular weight is 211 g/mol. The molecule has 2 aliphatic rings. The van der Waals surface area contributed by atoms with E-state index in [-0.39, 0.29) is 11.8 Å². The maximum Gasteiger partial charge on any atom is 0.201 e. The molecule has 1 unspecified atom stereocenters. The molecule has 0 N–H and O–H groups in total. The highest BCUT2D eigenvalue weighted by Gasteiger charge is 2.28. The molecule has 0 bridgehead atoms. The highest BCUT2D eigenvalue weighted by molar-refractivity contribution is 6.37. The molecule has 0 spiro atoms. The number of carbonyl (C=O) groups is 1. The summed E-state index contributed by atoms with van der Waals surface area (Å²) in [4.78, 5) is 24.0. The Bertz CT molecular complexity index is 528. The van der Waals surface area contributed by atoms with Crippen molar-refractivity contribution < 1.29 is 4.79 Å². The second kappa shape index (κ2) is 3.48. The normalized spacial score (nSPS) is 22.8. The van der Waals surface area contributed by atoms with Crippen LogP contribution in [0.1, 0.15) is 18.0 Å². The number of aromatic nitrogens is 1. The van der Waals surface area contributed by atoms with Crippen molar-refractivity contribution in [1.29, 1.82) is 0 Å². The lowest BCUT2D eigenvalue weighted by atomic mass is 9.97. The minimum absolute atomic E-state index is 0.0159. The third-order valence-corrected chi connectivity index (χ3v) is 2.75. The molecule has 1 atom stereocenters. The van der Waals surface area contributed by atoms with Crippen LogP contribution in [0.15, 0.2) is 45.8 Å². The van der Waals surface area contributed by atoms with Gasteiger partial charge < -0.3 is 0 Å². The largest absolute Gasteiger partial charge is 0.288 e. The van der Waals surface area contributed by atoms with Crippen molar-refractivity contribution in [1.82, 2.24) is 4.98 Å². The van der Waals surface area contributed by atoms with E-state index in [4.69, 9.17) is 0 Å². The summed E-state index contributed by atoms with van der Waals surface area (Å²) in [6.07, 6.45) is 7.24. The van der Waals surface area contributed by atoms with Gasteiger partial charge in [-0.05, 0) is 17.7 Å². The second-order valence-electron chi connectivity index (χ2n) is 3.71. The van der Waals surface area contributed by atoms with Crippen LogP contribution in [0.5, 0.6) is 0 Å². The van der Waals surface area contributed by atoms with E-state index < -0.39 is 0 Å². The molecule has 0 saturated carbocycles. The van der Waals surface area contributed by atoms with Crippen LogP contribution in [0.4, 0.5) is 0 Å². The highest BCUT2D eigenvalue weighted by atomic mass is 16.1. The van der Waals surface area contributed by atoms with Crippen LogP contribution >= 0.6 is 0 Å². The Morgan fingerprint density at radius 2 is 2.06 bits per heavy atom. The number of aliphatic imine (C=N–C) groups is 2. The number of ketones is 1. The standard InChI is InChI=1S/C12H9N3O/c16-10-7-15-11(8-1-4-13-5-2-8)12-9(10)3-6-14-12/h1-2,4-7,11H,3H2. The summed E-state index contributed by atoms with van der Waals surface area (Å²) in [5.41, 5.74) is 2.58. The molecule has 4 heteroatoms. The van der Waals surface area contributed by atoms with Gasteiger partial charge in [0.2, 0.25) is 5.78 Å². The zero-order valence-electron chi connectivity index (χ0n) is 8.50. The zero-order valence-corrected chi connectivity index (χ0v) is 8.50. The maximum atomic E-state index is 11.6. The van der Waals surface area contributed by atoms with Crippen molar-refractivity contribution >= 4 is 18.2 Å². The minimum atomic E-state index is -0.144. The van der Waals surface area contributed by atoms with Crippen molar-refractivity contribution in [2.24, 2.45) is 9.98 Å². The molecule has 3 rings (SSSR count). The Balaban J connectivity index is 2.07. The lowest BCUT2D eigenvalue weighted by Crippen LogP contribution is -2.14. The quantitative estimate of drug-likeness (QED) is 0.706. The van der Waals surface area contributed by atoms with Crippen molar-refractivity contribution in [3.05, 3.63) is 41.4 Å². The predicted molar refractivity (Wildman–Crippen MR) is 60.6 cm³/mol. The van der Waals surface area contributed by atoms with Gasteiger partial charge in [-0.2, -0.15) is 0 Å². The molecule has 16 heavy (non-hydrogen) atoms. The fraction of sp³-hybridized carbons (Fsp3) is 0.167. The first-order valence-electron chi connectivity index (χ1n) is 5.09. The molecule has 0 saturated heterocycles. The van der Waals surface area contributed by atoms with E-state index >= 15 is 0 Å². The molecule has 2 aliphatic heterocycles. The Kier molecular flexibility index (Phi) is 1.99. The summed E-state index contributed by atoms with van der Waals surface area (Å²) >= 11 is 0. The summed E-state index contributed by atoms with van der Waals surface area (Å²) in [5.74, 6) is -0.0159. The molecule has 0 fully saturated rings. The summed E-state index contributed by atoms with van der Waals surface area (Å²) < 4.78 is 0. The number of hydrogen-bond donors (Lipinski definition) is 0. The van der Waals surface area contributed by atoms with E-state index in [1.54, 1.807) is 18.6 Å². The molecule has 4 nitrogen and oxygen atoms in total. The van der Waals surface area contributed by atoms with Crippen LogP contribution in [0.2, 0.25) is 0 Å². The Hall–Kier alpha value is -2.10. The van der Waals surface area contributed by atoms with Gasteiger partial charge in [0, 0.05) is 30.6 Å². The van der Waals surface area contributed by atoms with Crippen LogP contribution in [0.3, 0.4) is 0 Å². The van der Waals surface area contributed by atoms with E-state index in [9.17, 15) is 4.79 Å². The first-order chi connectivity index (χ1) is 7.86. The lowest BCUT2D eigenvalue weighted by molar-refractivity contribution is -0.109. The fourth-order valence-corrected chi connectivity index (χ4v) is 1.96. The topological polar surface area (TPSA) is 54.7 Å². The van der Waals surface area contributed by atoms with Gasteiger partial charge in [-0.3, -0.25) is 19.8 Å². The molecule has 0 aliphatic carbocycles. The van der Waals surface area contributed by atoms with Crippen molar-refractivity contribution in [2.45, 2.75) is 12.5 Å². The number of pyridine rings is 1. The van der Waals surface area contributed by atoms with E-state index in [1.807, 2.05) is 12.1 Å². The van der Waals surface area contributed by atoms with Crippen LogP contribution < -0.4 is 0 Å². The summed E-state index contributed by atoms with van der Waals surface area (Å²) in [6, 6.07) is 3.65. The SMILES string of the molecule is O=C1C=NC(c2ccncc2)C2=C1CC=N2. The third kappa shape index (κ3) is 1.31. The molecule has 3 heterocycles. The summed E-state index contributed by atoms with van der Waals surface area (Å²) in [7, 11) is 0. The molecule has 1 aromatic heterocycles. The van der Waals surface area contributed by atoms with E-state index in [2.05, 4.69) is 15.0 Å². The molecule has 0 radical (unpaired) electrons. The Morgan fingerprint density at radius 3 is 2.88 bits per heavy atom. The van der Waals surface area contributed by atoms with Crippen LogP contribution in [0.25, 0.3) is 0 Å². The molecular weight excluding hydrogens is 202 g/mol. The average Bonchev–Trinajstić information content (AvgIpc) is 2.81. The van der Waals surface area contributed by atoms with E-state index in [1.165, 1.54) is 6.21 Å². The zero-order chi connectivity index (χ0) is 11.0. The van der Waals surface area contributed by atoms with E-state index in [0.717, 1.165) is 16.8 Å².